The first-order valence-corrected chi connectivity index (χ1v) is 4.85. The standard InChI is InChI=1S/C12H16N2O/c1-14(2)9-11(8-13)10-4-6-12(15-3)7-5-10/h4-7,11H,9H2,1-3H3. The Labute approximate surface area is 90.9 Å². The molecule has 1 aromatic carbocycles. The van der Waals surface area contributed by atoms with Gasteiger partial charge in [0.2, 0.25) is 0 Å². The number of rotatable bonds is 4. The third-order valence-corrected chi connectivity index (χ3v) is 2.22. The van der Waals surface area contributed by atoms with Gasteiger partial charge in [-0.05, 0) is 31.8 Å². The lowest BCUT2D eigenvalue weighted by Gasteiger charge is -2.15. The number of hydrogen-bond acceptors (Lipinski definition) is 3. The number of nitriles is 1. The van der Waals surface area contributed by atoms with Crippen LogP contribution in [0.1, 0.15) is 11.5 Å². The maximum atomic E-state index is 9.05. The summed E-state index contributed by atoms with van der Waals surface area (Å²) < 4.78 is 5.07. The molecule has 0 aliphatic rings. The van der Waals surface area contributed by atoms with Crippen molar-refractivity contribution in [1.29, 1.82) is 5.26 Å². The molecular formula is C12H16N2O. The zero-order valence-corrected chi connectivity index (χ0v) is 9.40. The van der Waals surface area contributed by atoms with Gasteiger partial charge in [-0.1, -0.05) is 12.1 Å². The van der Waals surface area contributed by atoms with Gasteiger partial charge < -0.3 is 9.64 Å². The van der Waals surface area contributed by atoms with E-state index in [9.17, 15) is 0 Å². The Morgan fingerprint density at radius 3 is 2.33 bits per heavy atom. The summed E-state index contributed by atoms with van der Waals surface area (Å²) >= 11 is 0. The molecule has 0 N–H and O–H groups in total. The van der Waals surface area contributed by atoms with Crippen molar-refractivity contribution >= 4 is 0 Å². The zero-order chi connectivity index (χ0) is 11.3. The first-order chi connectivity index (χ1) is 7.17. The van der Waals surface area contributed by atoms with Crippen molar-refractivity contribution < 1.29 is 4.74 Å². The largest absolute Gasteiger partial charge is 0.497 e. The van der Waals surface area contributed by atoms with E-state index in [0.29, 0.717) is 0 Å². The van der Waals surface area contributed by atoms with Crippen molar-refractivity contribution in [2.75, 3.05) is 27.7 Å². The average molecular weight is 204 g/mol. The smallest absolute Gasteiger partial charge is 0.118 e. The Balaban J connectivity index is 2.80. The van der Waals surface area contributed by atoms with Gasteiger partial charge in [0.15, 0.2) is 0 Å². The average Bonchev–Trinajstić information content (AvgIpc) is 2.26. The van der Waals surface area contributed by atoms with E-state index in [0.717, 1.165) is 17.9 Å². The summed E-state index contributed by atoms with van der Waals surface area (Å²) in [5.74, 6) is 0.742. The molecule has 15 heavy (non-hydrogen) atoms. The second-order valence-electron chi connectivity index (χ2n) is 3.72. The molecule has 0 aliphatic carbocycles. The molecule has 1 rings (SSSR count). The quantitative estimate of drug-likeness (QED) is 0.751. The first-order valence-electron chi connectivity index (χ1n) is 4.85. The predicted molar refractivity (Wildman–Crippen MR) is 59.9 cm³/mol. The molecule has 0 aliphatic heterocycles. The Hall–Kier alpha value is -1.53. The molecule has 1 aromatic rings. The molecule has 0 bridgehead atoms. The second-order valence-corrected chi connectivity index (χ2v) is 3.72. The minimum Gasteiger partial charge on any atom is -0.497 e. The number of methoxy groups -OCH3 is 1. The summed E-state index contributed by atoms with van der Waals surface area (Å²) in [5.41, 5.74) is 1.03. The van der Waals surface area contributed by atoms with Crippen molar-refractivity contribution in [1.82, 2.24) is 4.90 Å². The van der Waals surface area contributed by atoms with E-state index in [1.165, 1.54) is 0 Å². The van der Waals surface area contributed by atoms with Crippen molar-refractivity contribution in [3.63, 3.8) is 0 Å². The molecule has 0 aromatic heterocycles. The van der Waals surface area contributed by atoms with Gasteiger partial charge in [-0.15, -0.1) is 0 Å². The molecule has 3 heteroatoms. The fraction of sp³-hybridized carbons (Fsp3) is 0.417. The monoisotopic (exact) mass is 204 g/mol. The summed E-state index contributed by atoms with van der Waals surface area (Å²) in [6.45, 7) is 0.739. The van der Waals surface area contributed by atoms with E-state index in [2.05, 4.69) is 6.07 Å². The van der Waals surface area contributed by atoms with Gasteiger partial charge in [0.25, 0.3) is 0 Å². The lowest BCUT2D eigenvalue weighted by molar-refractivity contribution is 0.397. The van der Waals surface area contributed by atoms with E-state index in [1.54, 1.807) is 7.11 Å². The van der Waals surface area contributed by atoms with E-state index in [4.69, 9.17) is 10.00 Å². The van der Waals surface area contributed by atoms with Crippen LogP contribution in [0.5, 0.6) is 5.75 Å². The van der Waals surface area contributed by atoms with Crippen molar-refractivity contribution in [2.24, 2.45) is 0 Å². The van der Waals surface area contributed by atoms with Crippen LogP contribution in [0.4, 0.5) is 0 Å². The number of nitrogens with zero attached hydrogens (tertiary/aromatic N) is 2. The fourth-order valence-corrected chi connectivity index (χ4v) is 1.42. The van der Waals surface area contributed by atoms with Crippen LogP contribution in [0.2, 0.25) is 0 Å². The maximum absolute atomic E-state index is 9.05. The number of hydrogen-bond donors (Lipinski definition) is 0. The minimum atomic E-state index is -0.0779. The Morgan fingerprint density at radius 2 is 1.93 bits per heavy atom. The highest BCUT2D eigenvalue weighted by Crippen LogP contribution is 2.19. The second kappa shape index (κ2) is 5.38. The number of benzene rings is 1. The van der Waals surface area contributed by atoms with Gasteiger partial charge in [0.05, 0.1) is 19.1 Å². The van der Waals surface area contributed by atoms with Gasteiger partial charge in [-0.2, -0.15) is 5.26 Å². The van der Waals surface area contributed by atoms with Crippen LogP contribution in [0.3, 0.4) is 0 Å². The Kier molecular flexibility index (Phi) is 4.14. The lowest BCUT2D eigenvalue weighted by atomic mass is 10.0. The van der Waals surface area contributed by atoms with Crippen LogP contribution in [-0.4, -0.2) is 32.6 Å². The summed E-state index contributed by atoms with van der Waals surface area (Å²) in [5, 5.41) is 9.05. The molecule has 1 unspecified atom stereocenters. The van der Waals surface area contributed by atoms with Gasteiger partial charge in [0.1, 0.15) is 5.75 Å². The highest BCUT2D eigenvalue weighted by Gasteiger charge is 2.11. The van der Waals surface area contributed by atoms with Crippen LogP contribution >= 0.6 is 0 Å². The van der Waals surface area contributed by atoms with Crippen LogP contribution < -0.4 is 4.74 Å². The zero-order valence-electron chi connectivity index (χ0n) is 9.40. The number of likely N-dealkylation sites (N-methyl/N-ethyl adjacent to an activating group) is 1. The number of ether oxygens (including phenoxy) is 1. The highest BCUT2D eigenvalue weighted by atomic mass is 16.5. The van der Waals surface area contributed by atoms with Gasteiger partial charge >= 0.3 is 0 Å². The molecule has 0 spiro atoms. The summed E-state index contributed by atoms with van der Waals surface area (Å²) in [6, 6.07) is 9.95. The van der Waals surface area contributed by atoms with Crippen molar-refractivity contribution in [3.8, 4) is 11.8 Å². The Morgan fingerprint density at radius 1 is 1.33 bits per heavy atom. The van der Waals surface area contributed by atoms with Gasteiger partial charge in [-0.25, -0.2) is 0 Å². The lowest BCUT2D eigenvalue weighted by Crippen LogP contribution is -2.19. The van der Waals surface area contributed by atoms with E-state index >= 15 is 0 Å². The van der Waals surface area contributed by atoms with E-state index in [1.807, 2.05) is 43.3 Å². The van der Waals surface area contributed by atoms with Crippen LogP contribution in [0.25, 0.3) is 0 Å². The van der Waals surface area contributed by atoms with Crippen molar-refractivity contribution in [2.45, 2.75) is 5.92 Å². The summed E-state index contributed by atoms with van der Waals surface area (Å²) in [4.78, 5) is 2.01. The van der Waals surface area contributed by atoms with Crippen LogP contribution in [0.15, 0.2) is 24.3 Å². The molecule has 1 atom stereocenters. The molecule has 0 fully saturated rings. The molecule has 0 saturated carbocycles. The molecule has 0 heterocycles. The molecule has 0 radical (unpaired) electrons. The molecule has 0 amide bonds. The Bertz CT molecular complexity index is 338. The van der Waals surface area contributed by atoms with E-state index < -0.39 is 0 Å². The van der Waals surface area contributed by atoms with Gasteiger partial charge in [0, 0.05) is 6.54 Å². The third-order valence-electron chi connectivity index (χ3n) is 2.22. The molecule has 0 saturated heterocycles. The molecule has 80 valence electrons. The summed E-state index contributed by atoms with van der Waals surface area (Å²) in [6.07, 6.45) is 0. The first kappa shape index (κ1) is 11.5. The summed E-state index contributed by atoms with van der Waals surface area (Å²) in [7, 11) is 5.57. The predicted octanol–water partition coefficient (Wildman–Crippen LogP) is 1.86. The van der Waals surface area contributed by atoms with Crippen LogP contribution in [0, 0.1) is 11.3 Å². The van der Waals surface area contributed by atoms with E-state index in [-0.39, 0.29) is 5.92 Å². The minimum absolute atomic E-state index is 0.0779. The SMILES string of the molecule is COc1ccc(C(C#N)CN(C)C)cc1. The normalized spacial score (nSPS) is 12.2. The topological polar surface area (TPSA) is 36.3 Å². The highest BCUT2D eigenvalue weighted by molar-refractivity contribution is 5.32. The molecular weight excluding hydrogens is 188 g/mol. The van der Waals surface area contributed by atoms with Crippen LogP contribution in [-0.2, 0) is 0 Å². The van der Waals surface area contributed by atoms with Crippen molar-refractivity contribution in [3.05, 3.63) is 29.8 Å². The maximum Gasteiger partial charge on any atom is 0.118 e. The fourth-order valence-electron chi connectivity index (χ4n) is 1.42. The third kappa shape index (κ3) is 3.26. The van der Waals surface area contributed by atoms with Gasteiger partial charge in [-0.3, -0.25) is 0 Å². The molecule has 3 nitrogen and oxygen atoms in total.